The van der Waals surface area contributed by atoms with E-state index in [4.69, 9.17) is 5.26 Å². The molecule has 0 saturated heterocycles. The molecule has 1 amide bonds. The number of anilines is 2. The summed E-state index contributed by atoms with van der Waals surface area (Å²) in [7, 11) is 0. The lowest BCUT2D eigenvalue weighted by atomic mass is 9.90. The van der Waals surface area contributed by atoms with Crippen LogP contribution in [0.2, 0.25) is 0 Å². The molecule has 0 unspecified atom stereocenters. The quantitative estimate of drug-likeness (QED) is 0.912. The van der Waals surface area contributed by atoms with Crippen LogP contribution in [-0.2, 0) is 4.79 Å². The van der Waals surface area contributed by atoms with Crippen molar-refractivity contribution < 1.29 is 4.79 Å². The monoisotopic (exact) mass is 331 g/mol. The van der Waals surface area contributed by atoms with Crippen molar-refractivity contribution in [1.82, 2.24) is 4.98 Å². The maximum absolute atomic E-state index is 12.1. The highest BCUT2D eigenvalue weighted by Crippen LogP contribution is 2.39. The zero-order valence-corrected chi connectivity index (χ0v) is 14.0. The van der Waals surface area contributed by atoms with Gasteiger partial charge in [-0.1, -0.05) is 0 Å². The minimum absolute atomic E-state index is 0.0200. The molecule has 0 spiro atoms. The van der Waals surface area contributed by atoms with Crippen molar-refractivity contribution >= 4 is 17.4 Å². The number of aromatic nitrogens is 1. The van der Waals surface area contributed by atoms with Crippen LogP contribution in [0.3, 0.4) is 0 Å². The maximum Gasteiger partial charge on any atom is 0.224 e. The molecule has 1 aromatic heterocycles. The molecule has 3 rings (SSSR count). The van der Waals surface area contributed by atoms with Crippen molar-refractivity contribution in [1.29, 1.82) is 10.5 Å². The number of fused-ring (bicyclic) bond motifs is 1. The Bertz CT molecular complexity index is 892. The molecule has 2 heterocycles. The first-order valence-corrected chi connectivity index (χ1v) is 8.00. The topological polar surface area (TPSA) is 92.8 Å². The molecule has 1 N–H and O–H groups in total. The summed E-state index contributed by atoms with van der Waals surface area (Å²) < 4.78 is 0. The zero-order valence-electron chi connectivity index (χ0n) is 14.0. The highest BCUT2D eigenvalue weighted by atomic mass is 16.2. The van der Waals surface area contributed by atoms with Crippen LogP contribution < -0.4 is 10.2 Å². The van der Waals surface area contributed by atoms with Gasteiger partial charge in [0.25, 0.3) is 0 Å². The van der Waals surface area contributed by atoms with Gasteiger partial charge in [-0.2, -0.15) is 10.5 Å². The Hall–Kier alpha value is -3.38. The van der Waals surface area contributed by atoms with Gasteiger partial charge in [-0.15, -0.1) is 0 Å². The summed E-state index contributed by atoms with van der Waals surface area (Å²) in [4.78, 5) is 18.1. The number of amides is 1. The van der Waals surface area contributed by atoms with Crippen LogP contribution in [0.15, 0.2) is 36.5 Å². The Labute approximate surface area is 146 Å². The fourth-order valence-electron chi connectivity index (χ4n) is 3.27. The maximum atomic E-state index is 12.1. The first-order valence-electron chi connectivity index (χ1n) is 8.00. The van der Waals surface area contributed by atoms with Crippen LogP contribution in [-0.4, -0.2) is 16.9 Å². The van der Waals surface area contributed by atoms with Gasteiger partial charge in [0.1, 0.15) is 11.9 Å². The normalized spacial score (nSPS) is 18.6. The summed E-state index contributed by atoms with van der Waals surface area (Å²) in [6.07, 6.45) is 2.21. The van der Waals surface area contributed by atoms with E-state index < -0.39 is 0 Å². The summed E-state index contributed by atoms with van der Waals surface area (Å²) in [5, 5.41) is 21.4. The summed E-state index contributed by atoms with van der Waals surface area (Å²) >= 11 is 0. The second kappa shape index (κ2) is 6.62. The predicted octanol–water partition coefficient (Wildman–Crippen LogP) is 3.12. The van der Waals surface area contributed by atoms with Crippen LogP contribution >= 0.6 is 0 Å². The molecule has 6 nitrogen and oxygen atoms in total. The smallest absolute Gasteiger partial charge is 0.224 e. The molecule has 0 fully saturated rings. The summed E-state index contributed by atoms with van der Waals surface area (Å²) in [6.45, 7) is 3.55. The molecule has 1 aromatic carbocycles. The highest BCUT2D eigenvalue weighted by molar-refractivity contribution is 5.94. The largest absolute Gasteiger partial charge is 0.363 e. The lowest BCUT2D eigenvalue weighted by Crippen LogP contribution is -2.43. The Kier molecular flexibility index (Phi) is 4.36. The van der Waals surface area contributed by atoms with Crippen LogP contribution in [0, 0.1) is 22.7 Å². The molecule has 0 saturated carbocycles. The summed E-state index contributed by atoms with van der Waals surface area (Å²) in [6, 6.07) is 13.0. The number of hydrogen-bond donors (Lipinski definition) is 1. The van der Waals surface area contributed by atoms with E-state index in [1.807, 2.05) is 25.1 Å². The van der Waals surface area contributed by atoms with E-state index in [-0.39, 0.29) is 18.0 Å². The SMILES string of the molecule is CC(=O)N1c2ccc(C#N)cc2[C@H](Nc2ccc(C#N)cn2)C[C@@H]1C. The van der Waals surface area contributed by atoms with Crippen molar-refractivity contribution in [3.63, 3.8) is 0 Å². The highest BCUT2D eigenvalue weighted by Gasteiger charge is 2.32. The van der Waals surface area contributed by atoms with Gasteiger partial charge in [0.2, 0.25) is 5.91 Å². The molecule has 0 radical (unpaired) electrons. The number of carbonyl (C=O) groups excluding carboxylic acids is 1. The molecule has 1 aliphatic rings. The molecular formula is C19H17N5O. The van der Waals surface area contributed by atoms with E-state index in [1.165, 1.54) is 6.20 Å². The van der Waals surface area contributed by atoms with Gasteiger partial charge < -0.3 is 10.2 Å². The van der Waals surface area contributed by atoms with Crippen LogP contribution in [0.5, 0.6) is 0 Å². The molecule has 2 atom stereocenters. The number of hydrogen-bond acceptors (Lipinski definition) is 5. The van der Waals surface area contributed by atoms with E-state index >= 15 is 0 Å². The van der Waals surface area contributed by atoms with Crippen LogP contribution in [0.25, 0.3) is 0 Å². The lowest BCUT2D eigenvalue weighted by Gasteiger charge is -2.39. The standard InChI is InChI=1S/C19H17N5O/c1-12-7-17(23-19-6-4-15(10-21)11-22-19)16-8-14(9-20)3-5-18(16)24(12)13(2)25/h3-6,8,11-12,17H,7H2,1-2H3,(H,22,23)/t12-,17+/m0/s1. The summed E-state index contributed by atoms with van der Waals surface area (Å²) in [5.41, 5.74) is 2.77. The molecule has 124 valence electrons. The average Bonchev–Trinajstić information content (AvgIpc) is 2.61. The molecular weight excluding hydrogens is 314 g/mol. The third-order valence-electron chi connectivity index (χ3n) is 4.36. The second-order valence-electron chi connectivity index (χ2n) is 6.10. The second-order valence-corrected chi connectivity index (χ2v) is 6.10. The third-order valence-corrected chi connectivity index (χ3v) is 4.36. The fraction of sp³-hybridized carbons (Fsp3) is 0.263. The van der Waals surface area contributed by atoms with E-state index in [2.05, 4.69) is 16.4 Å². The van der Waals surface area contributed by atoms with Gasteiger partial charge in [0, 0.05) is 24.8 Å². The predicted molar refractivity (Wildman–Crippen MR) is 93.7 cm³/mol. The Morgan fingerprint density at radius 1 is 1.24 bits per heavy atom. The zero-order chi connectivity index (χ0) is 18.0. The average molecular weight is 331 g/mol. The molecule has 1 aliphatic heterocycles. The van der Waals surface area contributed by atoms with E-state index in [9.17, 15) is 10.1 Å². The van der Waals surface area contributed by atoms with E-state index in [0.29, 0.717) is 23.4 Å². The first kappa shape index (κ1) is 16.5. The van der Waals surface area contributed by atoms with Crippen LogP contribution in [0.1, 0.15) is 43.0 Å². The van der Waals surface area contributed by atoms with Crippen molar-refractivity contribution in [2.24, 2.45) is 0 Å². The molecule has 25 heavy (non-hydrogen) atoms. The Morgan fingerprint density at radius 3 is 2.56 bits per heavy atom. The lowest BCUT2D eigenvalue weighted by molar-refractivity contribution is -0.117. The molecule has 0 aliphatic carbocycles. The van der Waals surface area contributed by atoms with Gasteiger partial charge in [0.15, 0.2) is 0 Å². The minimum atomic E-state index is -0.0747. The van der Waals surface area contributed by atoms with Crippen molar-refractivity contribution in [2.45, 2.75) is 32.4 Å². The molecule has 6 heteroatoms. The number of nitrogens with one attached hydrogen (secondary N) is 1. The van der Waals surface area contributed by atoms with Gasteiger partial charge in [-0.05, 0) is 49.2 Å². The number of nitriles is 2. The number of benzene rings is 1. The number of pyridine rings is 1. The van der Waals surface area contributed by atoms with Gasteiger partial charge in [-0.3, -0.25) is 4.79 Å². The minimum Gasteiger partial charge on any atom is -0.363 e. The number of nitrogens with zero attached hydrogens (tertiary/aromatic N) is 4. The number of carbonyl (C=O) groups is 1. The van der Waals surface area contributed by atoms with Gasteiger partial charge in [-0.25, -0.2) is 4.98 Å². The third kappa shape index (κ3) is 3.15. The number of rotatable bonds is 2. The first-order chi connectivity index (χ1) is 12.0. The van der Waals surface area contributed by atoms with Crippen molar-refractivity contribution in [3.8, 4) is 12.1 Å². The van der Waals surface area contributed by atoms with Gasteiger partial charge >= 0.3 is 0 Å². The molecule has 2 aromatic rings. The summed E-state index contributed by atoms with van der Waals surface area (Å²) in [5.74, 6) is 0.634. The van der Waals surface area contributed by atoms with E-state index in [1.54, 1.807) is 30.0 Å². The van der Waals surface area contributed by atoms with Crippen LogP contribution in [0.4, 0.5) is 11.5 Å². The Morgan fingerprint density at radius 2 is 1.96 bits per heavy atom. The van der Waals surface area contributed by atoms with Crippen molar-refractivity contribution in [2.75, 3.05) is 10.2 Å². The Balaban J connectivity index is 1.99. The van der Waals surface area contributed by atoms with Crippen molar-refractivity contribution in [3.05, 3.63) is 53.2 Å². The van der Waals surface area contributed by atoms with Gasteiger partial charge in [0.05, 0.1) is 23.2 Å². The fourth-order valence-corrected chi connectivity index (χ4v) is 3.27. The van der Waals surface area contributed by atoms with E-state index in [0.717, 1.165) is 11.3 Å². The molecule has 0 bridgehead atoms.